The van der Waals surface area contributed by atoms with E-state index in [1.165, 1.54) is 24.3 Å². The summed E-state index contributed by atoms with van der Waals surface area (Å²) in [6, 6.07) is 6.40. The molecular weight excluding hydrogens is 370 g/mol. The molecule has 0 N–H and O–H groups in total. The van der Waals surface area contributed by atoms with Crippen LogP contribution in [0.4, 0.5) is 17.6 Å². The van der Waals surface area contributed by atoms with E-state index in [1.807, 2.05) is 4.90 Å². The van der Waals surface area contributed by atoms with Crippen molar-refractivity contribution in [2.45, 2.75) is 24.9 Å². The maximum Gasteiger partial charge on any atom is 0.188 e. The zero-order valence-corrected chi connectivity index (χ0v) is 15.1. The molecule has 0 amide bonds. The first-order valence-corrected chi connectivity index (χ1v) is 8.96. The lowest BCUT2D eigenvalue weighted by atomic mass is 9.88. The predicted molar refractivity (Wildman–Crippen MR) is 98.3 cm³/mol. The molecule has 4 rings (SSSR count). The summed E-state index contributed by atoms with van der Waals surface area (Å²) >= 11 is 0. The van der Waals surface area contributed by atoms with Crippen molar-refractivity contribution in [1.82, 2.24) is 4.90 Å². The highest BCUT2D eigenvalue weighted by molar-refractivity contribution is 6.16. The number of likely N-dealkylation sites (N-methyl/N-ethyl adjacent to an activating group) is 1. The van der Waals surface area contributed by atoms with Gasteiger partial charge in [-0.15, -0.1) is 0 Å². The van der Waals surface area contributed by atoms with E-state index in [0.29, 0.717) is 12.8 Å². The second-order valence-corrected chi connectivity index (χ2v) is 7.07. The average molecular weight is 387 g/mol. The van der Waals surface area contributed by atoms with Crippen molar-refractivity contribution in [3.05, 3.63) is 81.9 Å². The second kappa shape index (κ2) is 7.02. The van der Waals surface area contributed by atoms with Crippen molar-refractivity contribution >= 4 is 17.9 Å². The molecule has 2 unspecified atom stereocenters. The maximum absolute atomic E-state index is 14.1. The number of fused-ring (bicyclic) bond motifs is 2. The van der Waals surface area contributed by atoms with E-state index < -0.39 is 29.1 Å². The zero-order chi connectivity index (χ0) is 20.0. The minimum atomic E-state index is -0.770. The summed E-state index contributed by atoms with van der Waals surface area (Å²) in [6.07, 6.45) is 3.68. The van der Waals surface area contributed by atoms with Crippen LogP contribution in [0.5, 0.6) is 0 Å². The Bertz CT molecular complexity index is 907. The van der Waals surface area contributed by atoms with Crippen LogP contribution in [-0.2, 0) is 4.79 Å². The maximum atomic E-state index is 14.1. The summed E-state index contributed by atoms with van der Waals surface area (Å²) in [5, 5.41) is 0. The summed E-state index contributed by atoms with van der Waals surface area (Å²) in [6.45, 7) is 0. The quantitative estimate of drug-likeness (QED) is 0.547. The molecule has 0 radical (unpaired) electrons. The first-order valence-electron chi connectivity index (χ1n) is 8.96. The van der Waals surface area contributed by atoms with Gasteiger partial charge in [0.2, 0.25) is 0 Å². The molecule has 2 nitrogen and oxygen atoms in total. The first-order chi connectivity index (χ1) is 13.4. The Morgan fingerprint density at radius 2 is 1.14 bits per heavy atom. The van der Waals surface area contributed by atoms with Gasteiger partial charge >= 0.3 is 0 Å². The lowest BCUT2D eigenvalue weighted by Crippen LogP contribution is -2.43. The fraction of sp³-hybridized carbons (Fsp3) is 0.227. The van der Waals surface area contributed by atoms with Crippen molar-refractivity contribution in [2.24, 2.45) is 0 Å². The van der Waals surface area contributed by atoms with Crippen LogP contribution in [0.15, 0.2) is 47.5 Å². The number of nitrogens with zero attached hydrogens (tertiary/aromatic N) is 1. The number of benzene rings is 2. The van der Waals surface area contributed by atoms with Gasteiger partial charge in [0.25, 0.3) is 0 Å². The molecule has 2 heterocycles. The van der Waals surface area contributed by atoms with Gasteiger partial charge in [-0.05, 0) is 56.3 Å². The molecule has 2 aromatic rings. The molecule has 0 spiro atoms. The van der Waals surface area contributed by atoms with Crippen molar-refractivity contribution in [3.63, 3.8) is 0 Å². The molecule has 0 aromatic heterocycles. The van der Waals surface area contributed by atoms with Gasteiger partial charge < -0.3 is 0 Å². The number of carbonyl (C=O) groups is 1. The lowest BCUT2D eigenvalue weighted by molar-refractivity contribution is -0.114. The molecule has 0 aliphatic carbocycles. The molecule has 2 aliphatic rings. The van der Waals surface area contributed by atoms with Crippen molar-refractivity contribution < 1.29 is 22.4 Å². The smallest absolute Gasteiger partial charge is 0.188 e. The molecule has 2 saturated heterocycles. The van der Waals surface area contributed by atoms with Crippen LogP contribution in [0.3, 0.4) is 0 Å². The summed E-state index contributed by atoms with van der Waals surface area (Å²) < 4.78 is 56.4. The molecule has 0 saturated carbocycles. The van der Waals surface area contributed by atoms with Gasteiger partial charge in [0, 0.05) is 34.4 Å². The highest BCUT2D eigenvalue weighted by Gasteiger charge is 2.45. The molecule has 2 aliphatic heterocycles. The van der Waals surface area contributed by atoms with E-state index in [4.69, 9.17) is 0 Å². The van der Waals surface area contributed by atoms with Gasteiger partial charge in [-0.1, -0.05) is 12.1 Å². The van der Waals surface area contributed by atoms with E-state index in [1.54, 1.807) is 7.05 Å². The highest BCUT2D eigenvalue weighted by atomic mass is 19.1. The molecule has 6 heteroatoms. The summed E-state index contributed by atoms with van der Waals surface area (Å²) in [5.41, 5.74) is -0.131. The van der Waals surface area contributed by atoms with Crippen LogP contribution < -0.4 is 0 Å². The molecule has 144 valence electrons. The van der Waals surface area contributed by atoms with E-state index in [2.05, 4.69) is 0 Å². The van der Waals surface area contributed by atoms with E-state index in [-0.39, 0.29) is 34.4 Å². The second-order valence-electron chi connectivity index (χ2n) is 7.07. The third kappa shape index (κ3) is 2.98. The summed E-state index contributed by atoms with van der Waals surface area (Å²) in [7, 11) is 1.80. The van der Waals surface area contributed by atoms with Crippen LogP contribution >= 0.6 is 0 Å². The van der Waals surface area contributed by atoms with E-state index >= 15 is 0 Å². The number of rotatable bonds is 2. The third-order valence-corrected chi connectivity index (χ3v) is 5.54. The van der Waals surface area contributed by atoms with Crippen molar-refractivity contribution in [3.8, 4) is 0 Å². The number of hydrogen-bond acceptors (Lipinski definition) is 2. The largest absolute Gasteiger partial charge is 0.292 e. The number of ketones is 1. The van der Waals surface area contributed by atoms with Gasteiger partial charge in [0.05, 0.1) is 0 Å². The number of carbonyl (C=O) groups excluding carboxylic acids is 1. The van der Waals surface area contributed by atoms with Crippen LogP contribution in [0.1, 0.15) is 24.0 Å². The average Bonchev–Trinajstić information content (AvgIpc) is 2.95. The minimum absolute atomic E-state index is 0.225. The van der Waals surface area contributed by atoms with Crippen molar-refractivity contribution in [2.75, 3.05) is 7.05 Å². The monoisotopic (exact) mass is 387 g/mol. The van der Waals surface area contributed by atoms with Gasteiger partial charge in [-0.2, -0.15) is 0 Å². The molecule has 2 fully saturated rings. The molecular formula is C22H17F4NO. The summed E-state index contributed by atoms with van der Waals surface area (Å²) in [4.78, 5) is 15.0. The van der Waals surface area contributed by atoms with Gasteiger partial charge in [-0.3, -0.25) is 9.69 Å². The molecule has 2 aromatic carbocycles. The SMILES string of the molecule is CN1C2CCC1/C(=C\c1c(F)cccc1F)C(=O)/C2=C/c1c(F)cccc1F. The van der Waals surface area contributed by atoms with E-state index in [0.717, 1.165) is 24.3 Å². The van der Waals surface area contributed by atoms with Crippen LogP contribution in [-0.4, -0.2) is 29.8 Å². The Kier molecular flexibility index (Phi) is 4.67. The Balaban J connectivity index is 1.86. The Hall–Kier alpha value is -2.73. The topological polar surface area (TPSA) is 20.3 Å². The number of piperidine rings is 1. The van der Waals surface area contributed by atoms with Gasteiger partial charge in [0.15, 0.2) is 5.78 Å². The molecule has 2 bridgehead atoms. The third-order valence-electron chi connectivity index (χ3n) is 5.54. The fourth-order valence-electron chi connectivity index (χ4n) is 4.09. The van der Waals surface area contributed by atoms with Crippen LogP contribution in [0, 0.1) is 23.3 Å². The lowest BCUT2D eigenvalue weighted by Gasteiger charge is -2.34. The predicted octanol–water partition coefficient (Wildman–Crippen LogP) is 4.76. The van der Waals surface area contributed by atoms with Crippen LogP contribution in [0.25, 0.3) is 12.2 Å². The zero-order valence-electron chi connectivity index (χ0n) is 15.1. The first kappa shape index (κ1) is 18.6. The fourth-order valence-corrected chi connectivity index (χ4v) is 4.09. The van der Waals surface area contributed by atoms with Crippen molar-refractivity contribution in [1.29, 1.82) is 0 Å². The molecule has 28 heavy (non-hydrogen) atoms. The van der Waals surface area contributed by atoms with E-state index in [9.17, 15) is 22.4 Å². The Labute approximate surface area is 159 Å². The Morgan fingerprint density at radius 1 is 0.786 bits per heavy atom. The normalized spacial score (nSPS) is 25.1. The standard InChI is InChI=1S/C22H17F4NO/c1-27-20-8-9-21(27)15(11-13-18(25)6-3-7-19(13)26)22(28)14(20)10-12-16(23)4-2-5-17(12)24/h2-7,10-11,20-21H,8-9H2,1H3/b14-10+,15-11+. The molecule has 2 atom stereocenters. The summed E-state index contributed by atoms with van der Waals surface area (Å²) in [5.74, 6) is -3.51. The Morgan fingerprint density at radius 3 is 1.50 bits per heavy atom. The minimum Gasteiger partial charge on any atom is -0.292 e. The number of Topliss-reactive ketones (excluding diaryl/α,β-unsaturated/α-hetero) is 1. The number of hydrogen-bond donors (Lipinski definition) is 0. The highest BCUT2D eigenvalue weighted by Crippen LogP contribution is 2.41. The number of halogens is 4. The van der Waals surface area contributed by atoms with Gasteiger partial charge in [-0.25, -0.2) is 17.6 Å². The van der Waals surface area contributed by atoms with Crippen LogP contribution in [0.2, 0.25) is 0 Å². The van der Waals surface area contributed by atoms with Gasteiger partial charge in [0.1, 0.15) is 23.3 Å².